The summed E-state index contributed by atoms with van der Waals surface area (Å²) in [6, 6.07) is 3.56. The summed E-state index contributed by atoms with van der Waals surface area (Å²) < 4.78 is 0. The Bertz CT molecular complexity index is 271. The van der Waals surface area contributed by atoms with E-state index in [1.807, 2.05) is 5.38 Å². The van der Waals surface area contributed by atoms with Crippen molar-refractivity contribution in [2.75, 3.05) is 0 Å². The number of nitrogens with two attached hydrogens (primary N) is 1. The minimum Gasteiger partial charge on any atom is -0.480 e. The van der Waals surface area contributed by atoms with E-state index in [0.717, 1.165) is 0 Å². The van der Waals surface area contributed by atoms with Crippen LogP contribution < -0.4 is 5.73 Å². The van der Waals surface area contributed by atoms with E-state index in [1.54, 1.807) is 19.1 Å². The van der Waals surface area contributed by atoms with Crippen LogP contribution in [0.15, 0.2) is 17.5 Å². The summed E-state index contributed by atoms with van der Waals surface area (Å²) in [5, 5.41) is 10.7. The number of hydrogen-bond acceptors (Lipinski definition) is 3. The molecule has 0 spiro atoms. The highest BCUT2D eigenvalue weighted by molar-refractivity contribution is 7.10. The van der Waals surface area contributed by atoms with Gasteiger partial charge in [-0.15, -0.1) is 11.3 Å². The van der Waals surface area contributed by atoms with Crippen molar-refractivity contribution >= 4 is 17.3 Å². The maximum Gasteiger partial charge on any atom is 0.329 e. The van der Waals surface area contributed by atoms with Gasteiger partial charge in [-0.2, -0.15) is 0 Å². The number of carboxylic acids is 1. The molecule has 3 N–H and O–H groups in total. The molecule has 0 radical (unpaired) electrons. The SMILES string of the molecule is CC[C@@](N)(C(=O)O)c1cccs1. The van der Waals surface area contributed by atoms with Crippen molar-refractivity contribution < 1.29 is 9.90 Å². The van der Waals surface area contributed by atoms with Crippen molar-refractivity contribution in [1.82, 2.24) is 0 Å². The molecule has 12 heavy (non-hydrogen) atoms. The molecule has 0 fully saturated rings. The second-order valence-corrected chi connectivity index (χ2v) is 3.56. The van der Waals surface area contributed by atoms with Crippen molar-refractivity contribution in [2.45, 2.75) is 18.9 Å². The Morgan fingerprint density at radius 2 is 2.50 bits per heavy atom. The second kappa shape index (κ2) is 3.25. The highest BCUT2D eigenvalue weighted by atomic mass is 32.1. The maximum atomic E-state index is 10.8. The molecule has 0 amide bonds. The molecule has 1 aromatic rings. The molecular formula is C8H11NO2S. The molecule has 1 aromatic heterocycles. The molecule has 0 aromatic carbocycles. The fourth-order valence-corrected chi connectivity index (χ4v) is 1.87. The summed E-state index contributed by atoms with van der Waals surface area (Å²) in [6.45, 7) is 1.77. The largest absolute Gasteiger partial charge is 0.480 e. The van der Waals surface area contributed by atoms with Gasteiger partial charge in [-0.3, -0.25) is 0 Å². The first-order valence-corrected chi connectivity index (χ1v) is 4.55. The van der Waals surface area contributed by atoms with E-state index in [1.165, 1.54) is 11.3 Å². The van der Waals surface area contributed by atoms with Gasteiger partial charge in [-0.25, -0.2) is 4.79 Å². The lowest BCUT2D eigenvalue weighted by Crippen LogP contribution is -2.43. The normalized spacial score (nSPS) is 15.5. The number of rotatable bonds is 3. The van der Waals surface area contributed by atoms with Gasteiger partial charge in [0.05, 0.1) is 0 Å². The third-order valence-electron chi connectivity index (χ3n) is 1.90. The van der Waals surface area contributed by atoms with Crippen molar-refractivity contribution in [2.24, 2.45) is 5.73 Å². The Morgan fingerprint density at radius 1 is 1.83 bits per heavy atom. The molecule has 0 aliphatic carbocycles. The van der Waals surface area contributed by atoms with Crippen LogP contribution >= 0.6 is 11.3 Å². The highest BCUT2D eigenvalue weighted by Gasteiger charge is 2.34. The fourth-order valence-electron chi connectivity index (χ4n) is 0.963. The Morgan fingerprint density at radius 3 is 2.83 bits per heavy atom. The van der Waals surface area contributed by atoms with Crippen LogP contribution in [0.2, 0.25) is 0 Å². The first-order chi connectivity index (χ1) is 5.61. The number of hydrogen-bond donors (Lipinski definition) is 2. The molecule has 4 heteroatoms. The molecule has 0 bridgehead atoms. The molecule has 0 unspecified atom stereocenters. The molecule has 0 saturated carbocycles. The summed E-state index contributed by atoms with van der Waals surface area (Å²) in [5.41, 5.74) is 4.52. The molecule has 1 rings (SSSR count). The lowest BCUT2D eigenvalue weighted by Gasteiger charge is -2.20. The third-order valence-corrected chi connectivity index (χ3v) is 2.95. The predicted molar refractivity (Wildman–Crippen MR) is 48.1 cm³/mol. The van der Waals surface area contributed by atoms with E-state index in [4.69, 9.17) is 10.8 Å². The number of thiophene rings is 1. The maximum absolute atomic E-state index is 10.8. The van der Waals surface area contributed by atoms with Gasteiger partial charge in [0.25, 0.3) is 0 Å². The summed E-state index contributed by atoms with van der Waals surface area (Å²) in [6.07, 6.45) is 0.406. The van der Waals surface area contributed by atoms with Crippen molar-refractivity contribution in [3.8, 4) is 0 Å². The zero-order chi connectivity index (χ0) is 9.19. The fraction of sp³-hybridized carbons (Fsp3) is 0.375. The molecular weight excluding hydrogens is 174 g/mol. The molecule has 3 nitrogen and oxygen atoms in total. The van der Waals surface area contributed by atoms with Crippen molar-refractivity contribution in [3.63, 3.8) is 0 Å². The summed E-state index contributed by atoms with van der Waals surface area (Å²) in [5.74, 6) is -0.965. The van der Waals surface area contributed by atoms with E-state index >= 15 is 0 Å². The van der Waals surface area contributed by atoms with Crippen LogP contribution in [0.25, 0.3) is 0 Å². The third kappa shape index (κ3) is 1.35. The summed E-state index contributed by atoms with van der Waals surface area (Å²) in [7, 11) is 0. The van der Waals surface area contributed by atoms with Crippen molar-refractivity contribution in [1.29, 1.82) is 0 Å². The lowest BCUT2D eigenvalue weighted by atomic mass is 9.96. The Labute approximate surface area is 74.8 Å². The Kier molecular flexibility index (Phi) is 2.49. The molecule has 0 aliphatic rings. The standard InChI is InChI=1S/C8H11NO2S/c1-2-8(9,7(10)11)6-4-3-5-12-6/h3-5H,2,9H2,1H3,(H,10,11)/t8-/m0/s1. The lowest BCUT2D eigenvalue weighted by molar-refractivity contribution is -0.143. The molecule has 1 atom stereocenters. The first-order valence-electron chi connectivity index (χ1n) is 3.67. The van der Waals surface area contributed by atoms with Crippen molar-refractivity contribution in [3.05, 3.63) is 22.4 Å². The van der Waals surface area contributed by atoms with Gasteiger partial charge >= 0.3 is 5.97 Å². The molecule has 0 aliphatic heterocycles. The van der Waals surface area contributed by atoms with Crippen LogP contribution in [-0.4, -0.2) is 11.1 Å². The second-order valence-electron chi connectivity index (χ2n) is 2.61. The zero-order valence-corrected chi connectivity index (χ0v) is 7.60. The van der Waals surface area contributed by atoms with E-state index < -0.39 is 11.5 Å². The summed E-state index contributed by atoms with van der Waals surface area (Å²) >= 11 is 1.38. The van der Waals surface area contributed by atoms with Crippen LogP contribution in [0.4, 0.5) is 0 Å². The van der Waals surface area contributed by atoms with Crippen LogP contribution in [0, 0.1) is 0 Å². The minimum absolute atomic E-state index is 0.406. The van der Waals surface area contributed by atoms with Gasteiger partial charge in [-0.1, -0.05) is 13.0 Å². The van der Waals surface area contributed by atoms with E-state index in [-0.39, 0.29) is 0 Å². The van der Waals surface area contributed by atoms with Gasteiger partial charge < -0.3 is 10.8 Å². The first kappa shape index (κ1) is 9.22. The quantitative estimate of drug-likeness (QED) is 0.748. The molecule has 1 heterocycles. The van der Waals surface area contributed by atoms with Gasteiger partial charge in [0.15, 0.2) is 0 Å². The van der Waals surface area contributed by atoms with Crippen LogP contribution in [-0.2, 0) is 10.3 Å². The van der Waals surface area contributed by atoms with Gasteiger partial charge in [0.1, 0.15) is 5.54 Å². The van der Waals surface area contributed by atoms with E-state index in [0.29, 0.717) is 11.3 Å². The Hall–Kier alpha value is -0.870. The predicted octanol–water partition coefficient (Wildman–Crippen LogP) is 1.40. The zero-order valence-electron chi connectivity index (χ0n) is 6.78. The average molecular weight is 185 g/mol. The van der Waals surface area contributed by atoms with Crippen LogP contribution in [0.1, 0.15) is 18.2 Å². The van der Waals surface area contributed by atoms with Crippen LogP contribution in [0.5, 0.6) is 0 Å². The minimum atomic E-state index is -1.20. The van der Waals surface area contributed by atoms with Crippen LogP contribution in [0.3, 0.4) is 0 Å². The number of aliphatic carboxylic acids is 1. The Balaban J connectivity index is 3.04. The van der Waals surface area contributed by atoms with E-state index in [9.17, 15) is 4.79 Å². The van der Waals surface area contributed by atoms with E-state index in [2.05, 4.69) is 0 Å². The van der Waals surface area contributed by atoms with Gasteiger partial charge in [-0.05, 0) is 17.9 Å². The molecule has 0 saturated heterocycles. The molecule has 66 valence electrons. The smallest absolute Gasteiger partial charge is 0.329 e. The van der Waals surface area contributed by atoms with Gasteiger partial charge in [0.2, 0.25) is 0 Å². The number of carboxylic acid groups (broad SMARTS) is 1. The number of carbonyl (C=O) groups is 1. The summed E-state index contributed by atoms with van der Waals surface area (Å²) in [4.78, 5) is 11.5. The topological polar surface area (TPSA) is 63.3 Å². The monoisotopic (exact) mass is 185 g/mol. The average Bonchev–Trinajstić information content (AvgIpc) is 2.54. The highest BCUT2D eigenvalue weighted by Crippen LogP contribution is 2.26. The van der Waals surface area contributed by atoms with Gasteiger partial charge in [0, 0.05) is 4.88 Å².